The Morgan fingerprint density at radius 3 is 2.43 bits per heavy atom. The molecule has 0 radical (unpaired) electrons. The molecule has 0 saturated carbocycles. The molecule has 0 saturated heterocycles. The smallest absolute Gasteiger partial charge is 0.262 e. The van der Waals surface area contributed by atoms with Crippen molar-refractivity contribution in [2.75, 3.05) is 17.3 Å². The monoisotopic (exact) mass is 372 g/mol. The summed E-state index contributed by atoms with van der Waals surface area (Å²) in [6, 6.07) is 23.7. The highest BCUT2D eigenvalue weighted by molar-refractivity contribution is 6.12. The summed E-state index contributed by atoms with van der Waals surface area (Å²) in [5, 5.41) is 3.53. The summed E-state index contributed by atoms with van der Waals surface area (Å²) in [6.45, 7) is 4.33. The van der Waals surface area contributed by atoms with E-state index in [0.29, 0.717) is 11.5 Å². The van der Waals surface area contributed by atoms with E-state index in [9.17, 15) is 4.79 Å². The molecule has 0 aliphatic carbocycles. The first kappa shape index (κ1) is 18.1. The number of fused-ring (bicyclic) bond motifs is 1. The Labute approximate surface area is 165 Å². The molecule has 1 N–H and O–H groups in total. The number of carbonyl (C=O) groups excluding carboxylic acids is 1. The Bertz CT molecular complexity index is 995. The van der Waals surface area contributed by atoms with Crippen LogP contribution in [0.15, 0.2) is 72.8 Å². The van der Waals surface area contributed by atoms with E-state index in [1.54, 1.807) is 7.11 Å². The Hall–Kier alpha value is -3.27. The van der Waals surface area contributed by atoms with Crippen LogP contribution < -0.4 is 15.0 Å². The van der Waals surface area contributed by atoms with Crippen LogP contribution >= 0.6 is 0 Å². The summed E-state index contributed by atoms with van der Waals surface area (Å²) >= 11 is 0. The Morgan fingerprint density at radius 1 is 0.964 bits per heavy atom. The van der Waals surface area contributed by atoms with Gasteiger partial charge in [-0.25, -0.2) is 0 Å². The van der Waals surface area contributed by atoms with E-state index in [-0.39, 0.29) is 12.1 Å². The van der Waals surface area contributed by atoms with Crippen LogP contribution in [0.1, 0.15) is 47.4 Å². The van der Waals surface area contributed by atoms with Gasteiger partial charge in [0.05, 0.1) is 12.7 Å². The number of carbonyl (C=O) groups is 1. The van der Waals surface area contributed by atoms with Crippen molar-refractivity contribution in [2.24, 2.45) is 0 Å². The molecule has 1 aliphatic heterocycles. The topological polar surface area (TPSA) is 41.6 Å². The maximum Gasteiger partial charge on any atom is 0.262 e. The van der Waals surface area contributed by atoms with Crippen molar-refractivity contribution in [3.63, 3.8) is 0 Å². The maximum atomic E-state index is 13.4. The first-order valence-electron chi connectivity index (χ1n) is 9.51. The molecular formula is C24H24N2O2. The predicted molar refractivity (Wildman–Crippen MR) is 113 cm³/mol. The van der Waals surface area contributed by atoms with Crippen LogP contribution in [0.25, 0.3) is 0 Å². The fourth-order valence-electron chi connectivity index (χ4n) is 3.58. The largest absolute Gasteiger partial charge is 0.497 e. The van der Waals surface area contributed by atoms with Crippen LogP contribution in [-0.2, 0) is 0 Å². The van der Waals surface area contributed by atoms with Gasteiger partial charge in [0.25, 0.3) is 5.91 Å². The third kappa shape index (κ3) is 3.22. The maximum absolute atomic E-state index is 13.4. The molecule has 3 aromatic carbocycles. The zero-order valence-corrected chi connectivity index (χ0v) is 16.3. The van der Waals surface area contributed by atoms with Crippen molar-refractivity contribution in [3.05, 3.63) is 89.5 Å². The highest BCUT2D eigenvalue weighted by Crippen LogP contribution is 2.37. The number of ether oxygens (including phenoxy) is 1. The SMILES string of the molecule is COc1cccc(C2Nc3ccccc3C(=O)N2c2ccc(C(C)C)cc2)c1. The number of hydrogen-bond donors (Lipinski definition) is 1. The Balaban J connectivity index is 1.82. The number of benzene rings is 3. The van der Waals surface area contributed by atoms with Crippen molar-refractivity contribution in [1.82, 2.24) is 0 Å². The molecule has 1 unspecified atom stereocenters. The molecule has 1 heterocycles. The van der Waals surface area contributed by atoms with Gasteiger partial charge >= 0.3 is 0 Å². The molecule has 0 fully saturated rings. The second-order valence-corrected chi connectivity index (χ2v) is 7.29. The van der Waals surface area contributed by atoms with Crippen molar-refractivity contribution in [3.8, 4) is 5.75 Å². The fraction of sp³-hybridized carbons (Fsp3) is 0.208. The van der Waals surface area contributed by atoms with E-state index in [1.165, 1.54) is 5.56 Å². The van der Waals surface area contributed by atoms with Gasteiger partial charge in [0.15, 0.2) is 0 Å². The predicted octanol–water partition coefficient (Wildman–Crippen LogP) is 5.59. The van der Waals surface area contributed by atoms with Crippen LogP contribution in [0.3, 0.4) is 0 Å². The average Bonchev–Trinajstić information content (AvgIpc) is 2.74. The highest BCUT2D eigenvalue weighted by Gasteiger charge is 2.34. The summed E-state index contributed by atoms with van der Waals surface area (Å²) in [4.78, 5) is 15.2. The molecule has 0 spiro atoms. The Morgan fingerprint density at radius 2 is 1.71 bits per heavy atom. The van der Waals surface area contributed by atoms with E-state index in [0.717, 1.165) is 22.7 Å². The molecule has 4 rings (SSSR count). The van der Waals surface area contributed by atoms with Crippen molar-refractivity contribution < 1.29 is 9.53 Å². The molecule has 1 atom stereocenters. The number of para-hydroxylation sites is 1. The summed E-state index contributed by atoms with van der Waals surface area (Å²) < 4.78 is 5.39. The summed E-state index contributed by atoms with van der Waals surface area (Å²) in [5.41, 5.74) is 4.60. The van der Waals surface area contributed by atoms with Gasteiger partial charge in [-0.15, -0.1) is 0 Å². The number of hydrogen-bond acceptors (Lipinski definition) is 3. The van der Waals surface area contributed by atoms with Gasteiger partial charge in [-0.3, -0.25) is 9.69 Å². The minimum Gasteiger partial charge on any atom is -0.497 e. The molecule has 1 aliphatic rings. The number of nitrogens with one attached hydrogen (secondary N) is 1. The van der Waals surface area contributed by atoms with Crippen LogP contribution in [0, 0.1) is 0 Å². The van der Waals surface area contributed by atoms with Gasteiger partial charge in [-0.1, -0.05) is 50.2 Å². The van der Waals surface area contributed by atoms with Gasteiger partial charge in [0.2, 0.25) is 0 Å². The van der Waals surface area contributed by atoms with Gasteiger partial charge in [0.1, 0.15) is 11.9 Å². The van der Waals surface area contributed by atoms with E-state index < -0.39 is 0 Å². The van der Waals surface area contributed by atoms with Crippen LogP contribution in [0.2, 0.25) is 0 Å². The minimum absolute atomic E-state index is 0.0144. The van der Waals surface area contributed by atoms with E-state index >= 15 is 0 Å². The average molecular weight is 372 g/mol. The standard InChI is InChI=1S/C24H24N2O2/c1-16(2)17-11-13-19(14-12-17)26-23(18-7-6-8-20(15-18)28-3)25-22-10-5-4-9-21(22)24(26)27/h4-16,23,25H,1-3H3. The van der Waals surface area contributed by atoms with E-state index in [4.69, 9.17) is 4.74 Å². The lowest BCUT2D eigenvalue weighted by Crippen LogP contribution is -2.43. The van der Waals surface area contributed by atoms with Gasteiger partial charge < -0.3 is 10.1 Å². The molecule has 142 valence electrons. The lowest BCUT2D eigenvalue weighted by Gasteiger charge is -2.38. The first-order chi connectivity index (χ1) is 13.6. The molecule has 3 aromatic rings. The lowest BCUT2D eigenvalue weighted by molar-refractivity contribution is 0.0975. The normalized spacial score (nSPS) is 15.9. The number of methoxy groups -OCH3 is 1. The number of rotatable bonds is 4. The second-order valence-electron chi connectivity index (χ2n) is 7.29. The van der Waals surface area contributed by atoms with E-state index in [2.05, 4.69) is 31.3 Å². The quantitative estimate of drug-likeness (QED) is 0.649. The van der Waals surface area contributed by atoms with Crippen molar-refractivity contribution in [2.45, 2.75) is 25.9 Å². The van der Waals surface area contributed by atoms with Crippen molar-refractivity contribution in [1.29, 1.82) is 0 Å². The van der Waals surface area contributed by atoms with Gasteiger partial charge in [0, 0.05) is 11.4 Å². The molecule has 4 nitrogen and oxygen atoms in total. The molecular weight excluding hydrogens is 348 g/mol. The molecule has 0 bridgehead atoms. The fourth-order valence-corrected chi connectivity index (χ4v) is 3.58. The van der Waals surface area contributed by atoms with E-state index in [1.807, 2.05) is 65.6 Å². The zero-order valence-electron chi connectivity index (χ0n) is 16.3. The summed E-state index contributed by atoms with van der Waals surface area (Å²) in [6.07, 6.45) is -0.317. The van der Waals surface area contributed by atoms with Crippen molar-refractivity contribution >= 4 is 17.3 Å². The second kappa shape index (κ2) is 7.39. The first-order valence-corrected chi connectivity index (χ1v) is 9.51. The summed E-state index contributed by atoms with van der Waals surface area (Å²) in [7, 11) is 1.65. The van der Waals surface area contributed by atoms with Gasteiger partial charge in [-0.2, -0.15) is 0 Å². The minimum atomic E-state index is -0.317. The summed E-state index contributed by atoms with van der Waals surface area (Å²) in [5.74, 6) is 1.19. The molecule has 1 amide bonds. The van der Waals surface area contributed by atoms with Gasteiger partial charge in [-0.05, 0) is 53.4 Å². The van der Waals surface area contributed by atoms with Crippen LogP contribution in [-0.4, -0.2) is 13.0 Å². The number of nitrogens with zero attached hydrogens (tertiary/aromatic N) is 1. The van der Waals surface area contributed by atoms with Crippen LogP contribution in [0.4, 0.5) is 11.4 Å². The van der Waals surface area contributed by atoms with Crippen LogP contribution in [0.5, 0.6) is 5.75 Å². The number of amides is 1. The Kier molecular flexibility index (Phi) is 4.78. The molecule has 4 heteroatoms. The third-order valence-corrected chi connectivity index (χ3v) is 5.17. The number of anilines is 2. The molecule has 28 heavy (non-hydrogen) atoms. The lowest BCUT2D eigenvalue weighted by atomic mass is 10.00. The molecule has 0 aromatic heterocycles. The highest BCUT2D eigenvalue weighted by atomic mass is 16.5. The third-order valence-electron chi connectivity index (χ3n) is 5.17. The zero-order chi connectivity index (χ0) is 19.7.